The van der Waals surface area contributed by atoms with Crippen LogP contribution in [0.15, 0.2) is 12.7 Å². The van der Waals surface area contributed by atoms with Crippen molar-refractivity contribution in [2.75, 3.05) is 0 Å². The molecule has 22 heavy (non-hydrogen) atoms. The molecule has 1 heteroatoms. The van der Waals surface area contributed by atoms with Crippen molar-refractivity contribution >= 4 is 5.78 Å². The first-order valence-corrected chi connectivity index (χ1v) is 9.63. The van der Waals surface area contributed by atoms with Crippen LogP contribution in [0.2, 0.25) is 0 Å². The molecule has 4 fully saturated rings. The number of Topliss-reactive ketones (excluding diaryl/α,β-unsaturated/α-hetero) is 1. The summed E-state index contributed by atoms with van der Waals surface area (Å²) in [7, 11) is 0. The quantitative estimate of drug-likeness (QED) is 0.592. The van der Waals surface area contributed by atoms with Crippen molar-refractivity contribution in [1.82, 2.24) is 0 Å². The lowest BCUT2D eigenvalue weighted by molar-refractivity contribution is -0.138. The first-order chi connectivity index (χ1) is 10.5. The molecular formula is C21H32O. The van der Waals surface area contributed by atoms with Crippen LogP contribution in [0.1, 0.15) is 71.6 Å². The Kier molecular flexibility index (Phi) is 3.37. The predicted octanol–water partition coefficient (Wildman–Crippen LogP) is 5.40. The van der Waals surface area contributed by atoms with Crippen molar-refractivity contribution in [2.45, 2.75) is 71.6 Å². The van der Waals surface area contributed by atoms with Crippen molar-refractivity contribution in [3.05, 3.63) is 12.7 Å². The minimum atomic E-state index is 0.463. The van der Waals surface area contributed by atoms with E-state index in [1.165, 1.54) is 44.9 Å². The Morgan fingerprint density at radius 3 is 2.55 bits per heavy atom. The molecule has 0 saturated heterocycles. The third kappa shape index (κ3) is 1.86. The van der Waals surface area contributed by atoms with Crippen LogP contribution in [0.3, 0.4) is 0 Å². The zero-order valence-corrected chi connectivity index (χ0v) is 14.4. The first-order valence-electron chi connectivity index (χ1n) is 9.63. The Bertz CT molecular complexity index is 494. The number of carbonyl (C=O) groups is 1. The van der Waals surface area contributed by atoms with E-state index in [4.69, 9.17) is 0 Å². The highest BCUT2D eigenvalue weighted by molar-refractivity contribution is 5.79. The van der Waals surface area contributed by atoms with Gasteiger partial charge in [0, 0.05) is 12.8 Å². The van der Waals surface area contributed by atoms with Gasteiger partial charge in [0.2, 0.25) is 0 Å². The molecule has 0 aliphatic heterocycles. The molecule has 7 atom stereocenters. The standard InChI is InChI=1S/C21H32O/c1-4-14-6-8-18-17-7-5-15-13-16(22)9-11-21(15,3)19(17)10-12-20(14,18)2/h4,14-15,17-19H,1,5-13H2,2-3H3. The minimum Gasteiger partial charge on any atom is -0.300 e. The summed E-state index contributed by atoms with van der Waals surface area (Å²) < 4.78 is 0. The summed E-state index contributed by atoms with van der Waals surface area (Å²) in [6, 6.07) is 0. The summed E-state index contributed by atoms with van der Waals surface area (Å²) in [5.74, 6) is 4.71. The molecule has 4 rings (SSSR count). The Labute approximate surface area is 135 Å². The Morgan fingerprint density at radius 2 is 1.77 bits per heavy atom. The van der Waals surface area contributed by atoms with Crippen LogP contribution >= 0.6 is 0 Å². The first kappa shape index (κ1) is 15.0. The zero-order chi connectivity index (χ0) is 15.5. The van der Waals surface area contributed by atoms with Crippen LogP contribution < -0.4 is 0 Å². The lowest BCUT2D eigenvalue weighted by atomic mass is 9.45. The fourth-order valence-electron chi connectivity index (χ4n) is 7.47. The van der Waals surface area contributed by atoms with E-state index in [1.54, 1.807) is 0 Å². The summed E-state index contributed by atoms with van der Waals surface area (Å²) in [4.78, 5) is 11.9. The van der Waals surface area contributed by atoms with E-state index in [1.807, 2.05) is 0 Å². The van der Waals surface area contributed by atoms with Gasteiger partial charge in [0.05, 0.1) is 0 Å². The molecule has 4 aliphatic rings. The number of fused-ring (bicyclic) bond motifs is 5. The normalized spacial score (nSPS) is 54.3. The second-order valence-electron chi connectivity index (χ2n) is 9.36. The highest BCUT2D eigenvalue weighted by Crippen LogP contribution is 2.67. The lowest BCUT2D eigenvalue weighted by Crippen LogP contribution is -2.53. The molecule has 7 unspecified atom stereocenters. The number of rotatable bonds is 1. The van der Waals surface area contributed by atoms with E-state index < -0.39 is 0 Å². The van der Waals surface area contributed by atoms with Gasteiger partial charge in [-0.2, -0.15) is 0 Å². The fourth-order valence-corrected chi connectivity index (χ4v) is 7.47. The summed E-state index contributed by atoms with van der Waals surface area (Å²) >= 11 is 0. The molecule has 0 radical (unpaired) electrons. The van der Waals surface area contributed by atoms with Gasteiger partial charge < -0.3 is 0 Å². The third-order valence-corrected chi connectivity index (χ3v) is 8.84. The summed E-state index contributed by atoms with van der Waals surface area (Å²) in [5.41, 5.74) is 0.987. The summed E-state index contributed by atoms with van der Waals surface area (Å²) in [6.45, 7) is 9.24. The molecule has 0 amide bonds. The van der Waals surface area contributed by atoms with E-state index in [-0.39, 0.29) is 0 Å². The van der Waals surface area contributed by atoms with Gasteiger partial charge in [0.15, 0.2) is 0 Å². The van der Waals surface area contributed by atoms with Crippen LogP contribution in [0.4, 0.5) is 0 Å². The fraction of sp³-hybridized carbons (Fsp3) is 0.857. The minimum absolute atomic E-state index is 0.463. The van der Waals surface area contributed by atoms with Crippen LogP contribution in [0.5, 0.6) is 0 Å². The summed E-state index contributed by atoms with van der Waals surface area (Å²) in [5, 5.41) is 0. The topological polar surface area (TPSA) is 17.1 Å². The van der Waals surface area contributed by atoms with Crippen LogP contribution in [-0.4, -0.2) is 5.78 Å². The maximum absolute atomic E-state index is 11.9. The smallest absolute Gasteiger partial charge is 0.133 e. The number of hydrogen-bond acceptors (Lipinski definition) is 1. The van der Waals surface area contributed by atoms with Crippen LogP contribution in [0, 0.1) is 40.4 Å². The molecule has 0 spiro atoms. The SMILES string of the molecule is C=CC1CCC2C3CCC4CC(=O)CCC4(C)C3CCC12C. The van der Waals surface area contributed by atoms with Crippen LogP contribution in [-0.2, 0) is 4.79 Å². The Hall–Kier alpha value is -0.590. The molecule has 1 nitrogen and oxygen atoms in total. The van der Waals surface area contributed by atoms with Crippen molar-refractivity contribution in [3.8, 4) is 0 Å². The third-order valence-electron chi connectivity index (χ3n) is 8.84. The molecule has 0 aromatic carbocycles. The van der Waals surface area contributed by atoms with Gasteiger partial charge in [-0.05, 0) is 85.4 Å². The largest absolute Gasteiger partial charge is 0.300 e. The molecule has 0 aromatic rings. The van der Waals surface area contributed by atoms with Crippen LogP contribution in [0.25, 0.3) is 0 Å². The van der Waals surface area contributed by atoms with Crippen molar-refractivity contribution in [2.24, 2.45) is 40.4 Å². The maximum atomic E-state index is 11.9. The van der Waals surface area contributed by atoms with E-state index >= 15 is 0 Å². The van der Waals surface area contributed by atoms with E-state index in [9.17, 15) is 4.79 Å². The van der Waals surface area contributed by atoms with Gasteiger partial charge in [0.25, 0.3) is 0 Å². The molecule has 4 saturated carbocycles. The zero-order valence-electron chi connectivity index (χ0n) is 14.4. The van der Waals surface area contributed by atoms with E-state index in [0.29, 0.717) is 22.5 Å². The highest BCUT2D eigenvalue weighted by Gasteiger charge is 2.59. The second kappa shape index (κ2) is 4.95. The maximum Gasteiger partial charge on any atom is 0.133 e. The number of allylic oxidation sites excluding steroid dienone is 1. The molecule has 0 bridgehead atoms. The van der Waals surface area contributed by atoms with Gasteiger partial charge in [-0.15, -0.1) is 6.58 Å². The molecule has 0 N–H and O–H groups in total. The monoisotopic (exact) mass is 300 g/mol. The van der Waals surface area contributed by atoms with Crippen molar-refractivity contribution in [1.29, 1.82) is 0 Å². The Balaban J connectivity index is 1.63. The van der Waals surface area contributed by atoms with Gasteiger partial charge in [0.1, 0.15) is 5.78 Å². The second-order valence-corrected chi connectivity index (χ2v) is 9.36. The number of hydrogen-bond donors (Lipinski definition) is 0. The average Bonchev–Trinajstić information content (AvgIpc) is 2.84. The average molecular weight is 300 g/mol. The number of carbonyl (C=O) groups excluding carboxylic acids is 1. The van der Waals surface area contributed by atoms with E-state index in [2.05, 4.69) is 26.5 Å². The van der Waals surface area contributed by atoms with Gasteiger partial charge >= 0.3 is 0 Å². The highest BCUT2D eigenvalue weighted by atomic mass is 16.1. The van der Waals surface area contributed by atoms with Gasteiger partial charge in [-0.25, -0.2) is 0 Å². The molecule has 0 heterocycles. The summed E-state index contributed by atoms with van der Waals surface area (Å²) in [6.07, 6.45) is 13.5. The Morgan fingerprint density at radius 1 is 1.00 bits per heavy atom. The van der Waals surface area contributed by atoms with Gasteiger partial charge in [-0.1, -0.05) is 19.9 Å². The van der Waals surface area contributed by atoms with E-state index in [0.717, 1.165) is 36.5 Å². The molecule has 4 aliphatic carbocycles. The molecule has 0 aromatic heterocycles. The predicted molar refractivity (Wildman–Crippen MR) is 90.4 cm³/mol. The number of ketones is 1. The molecular weight excluding hydrogens is 268 g/mol. The van der Waals surface area contributed by atoms with Crippen molar-refractivity contribution < 1.29 is 4.79 Å². The molecule has 122 valence electrons. The lowest BCUT2D eigenvalue weighted by Gasteiger charge is -2.60. The van der Waals surface area contributed by atoms with Crippen molar-refractivity contribution in [3.63, 3.8) is 0 Å². The van der Waals surface area contributed by atoms with Gasteiger partial charge in [-0.3, -0.25) is 4.79 Å².